The van der Waals surface area contributed by atoms with Crippen LogP contribution in [0.25, 0.3) is 0 Å². The molecule has 0 aromatic rings. The highest BCUT2D eigenvalue weighted by atomic mass is 15.2. The molecule has 0 aromatic carbocycles. The van der Waals surface area contributed by atoms with E-state index >= 15 is 0 Å². The van der Waals surface area contributed by atoms with Crippen LogP contribution in [0.1, 0.15) is 12.8 Å². The van der Waals surface area contributed by atoms with Crippen LogP contribution in [0.2, 0.25) is 0 Å². The lowest BCUT2D eigenvalue weighted by Crippen LogP contribution is -2.49. The van der Waals surface area contributed by atoms with Crippen LogP contribution in [0.3, 0.4) is 0 Å². The molecule has 3 nitrogen and oxygen atoms in total. The van der Waals surface area contributed by atoms with E-state index in [-0.39, 0.29) is 0 Å². The molecule has 3 N–H and O–H groups in total. The fourth-order valence-corrected chi connectivity index (χ4v) is 1.54. The summed E-state index contributed by atoms with van der Waals surface area (Å²) in [6, 6.07) is 0.715. The molecule has 1 heterocycles. The number of nitrogens with two attached hydrogens (primary N) is 1. The third-order valence-electron chi connectivity index (χ3n) is 2.39. The summed E-state index contributed by atoms with van der Waals surface area (Å²) in [5.74, 6) is 0. The van der Waals surface area contributed by atoms with E-state index in [1.165, 1.54) is 13.0 Å². The average Bonchev–Trinajstić information content (AvgIpc) is 2.03. The standard InChI is InChI=1S/C8H19N3/c1-11-6-5-10-7-8(11)3-2-4-9/h8,10H,2-7,9H2,1H3/t8-/m1/s1. The zero-order valence-electron chi connectivity index (χ0n) is 7.34. The normalized spacial score (nSPS) is 27.3. The van der Waals surface area contributed by atoms with Gasteiger partial charge in [0.25, 0.3) is 0 Å². The Hall–Kier alpha value is -0.120. The van der Waals surface area contributed by atoms with Gasteiger partial charge in [-0.15, -0.1) is 0 Å². The maximum absolute atomic E-state index is 5.45. The zero-order chi connectivity index (χ0) is 8.10. The first-order chi connectivity index (χ1) is 5.34. The van der Waals surface area contributed by atoms with E-state index in [9.17, 15) is 0 Å². The van der Waals surface area contributed by atoms with Gasteiger partial charge in [-0.05, 0) is 26.4 Å². The molecule has 66 valence electrons. The third kappa shape index (κ3) is 2.77. The van der Waals surface area contributed by atoms with Crippen LogP contribution in [0.5, 0.6) is 0 Å². The van der Waals surface area contributed by atoms with Crippen molar-refractivity contribution in [1.82, 2.24) is 10.2 Å². The number of hydrogen-bond acceptors (Lipinski definition) is 3. The maximum atomic E-state index is 5.45. The molecule has 0 spiro atoms. The van der Waals surface area contributed by atoms with Crippen LogP contribution in [0.15, 0.2) is 0 Å². The highest BCUT2D eigenvalue weighted by molar-refractivity contribution is 4.76. The molecule has 1 fully saturated rings. The predicted octanol–water partition coefficient (Wildman–Crippen LogP) is -0.371. The van der Waals surface area contributed by atoms with E-state index in [0.29, 0.717) is 6.04 Å². The van der Waals surface area contributed by atoms with E-state index in [2.05, 4.69) is 17.3 Å². The van der Waals surface area contributed by atoms with Crippen molar-refractivity contribution in [1.29, 1.82) is 0 Å². The molecule has 0 radical (unpaired) electrons. The Kier molecular flexibility index (Phi) is 3.83. The lowest BCUT2D eigenvalue weighted by molar-refractivity contribution is 0.189. The molecule has 0 unspecified atom stereocenters. The van der Waals surface area contributed by atoms with E-state index in [1.807, 2.05) is 0 Å². The molecule has 11 heavy (non-hydrogen) atoms. The van der Waals surface area contributed by atoms with Gasteiger partial charge in [-0.3, -0.25) is 0 Å². The third-order valence-corrected chi connectivity index (χ3v) is 2.39. The lowest BCUT2D eigenvalue weighted by atomic mass is 10.1. The van der Waals surface area contributed by atoms with Crippen molar-refractivity contribution in [3.63, 3.8) is 0 Å². The SMILES string of the molecule is CN1CCNC[C@H]1CCCN. The minimum atomic E-state index is 0.715. The van der Waals surface area contributed by atoms with Crippen molar-refractivity contribution in [2.24, 2.45) is 5.73 Å². The Morgan fingerprint density at radius 3 is 3.09 bits per heavy atom. The molecule has 0 amide bonds. The minimum Gasteiger partial charge on any atom is -0.330 e. The monoisotopic (exact) mass is 157 g/mol. The van der Waals surface area contributed by atoms with Gasteiger partial charge in [0.2, 0.25) is 0 Å². The van der Waals surface area contributed by atoms with E-state index in [1.54, 1.807) is 0 Å². The van der Waals surface area contributed by atoms with Gasteiger partial charge in [0, 0.05) is 25.7 Å². The van der Waals surface area contributed by atoms with Crippen LogP contribution in [0.4, 0.5) is 0 Å². The number of piperazine rings is 1. The highest BCUT2D eigenvalue weighted by Crippen LogP contribution is 2.05. The molecule has 1 aliphatic rings. The Balaban J connectivity index is 2.18. The van der Waals surface area contributed by atoms with E-state index < -0.39 is 0 Å². The van der Waals surface area contributed by atoms with Gasteiger partial charge in [0.15, 0.2) is 0 Å². The molecular weight excluding hydrogens is 138 g/mol. The second-order valence-corrected chi connectivity index (χ2v) is 3.27. The maximum Gasteiger partial charge on any atom is 0.0218 e. The van der Waals surface area contributed by atoms with Crippen molar-refractivity contribution >= 4 is 0 Å². The molecule has 0 bridgehead atoms. The van der Waals surface area contributed by atoms with Crippen molar-refractivity contribution in [2.45, 2.75) is 18.9 Å². The molecule has 3 heteroatoms. The number of nitrogens with zero attached hydrogens (tertiary/aromatic N) is 1. The van der Waals surface area contributed by atoms with Gasteiger partial charge in [-0.2, -0.15) is 0 Å². The molecule has 0 saturated carbocycles. The van der Waals surface area contributed by atoms with Gasteiger partial charge in [0.1, 0.15) is 0 Å². The number of likely N-dealkylation sites (N-methyl/N-ethyl adjacent to an activating group) is 1. The molecule has 1 atom stereocenters. The molecular formula is C8H19N3. The second kappa shape index (κ2) is 4.70. The minimum absolute atomic E-state index is 0.715. The number of hydrogen-bond donors (Lipinski definition) is 2. The number of rotatable bonds is 3. The predicted molar refractivity (Wildman–Crippen MR) is 47.6 cm³/mol. The Labute approximate surface area is 68.9 Å². The average molecular weight is 157 g/mol. The van der Waals surface area contributed by atoms with Gasteiger partial charge >= 0.3 is 0 Å². The Morgan fingerprint density at radius 1 is 1.64 bits per heavy atom. The molecule has 0 aliphatic carbocycles. The van der Waals surface area contributed by atoms with Crippen molar-refractivity contribution in [3.8, 4) is 0 Å². The fraction of sp³-hybridized carbons (Fsp3) is 1.00. The summed E-state index contributed by atoms with van der Waals surface area (Å²) in [4.78, 5) is 2.42. The van der Waals surface area contributed by atoms with E-state index in [4.69, 9.17) is 5.73 Å². The lowest BCUT2D eigenvalue weighted by Gasteiger charge is -2.32. The summed E-state index contributed by atoms with van der Waals surface area (Å²) in [6.45, 7) is 4.27. The smallest absolute Gasteiger partial charge is 0.0218 e. The van der Waals surface area contributed by atoms with E-state index in [0.717, 1.165) is 26.1 Å². The van der Waals surface area contributed by atoms with Gasteiger partial charge in [-0.1, -0.05) is 0 Å². The Bertz CT molecular complexity index is 106. The quantitative estimate of drug-likeness (QED) is 0.587. The first-order valence-electron chi connectivity index (χ1n) is 4.45. The summed E-state index contributed by atoms with van der Waals surface area (Å²) in [5.41, 5.74) is 5.45. The first-order valence-corrected chi connectivity index (χ1v) is 4.45. The van der Waals surface area contributed by atoms with Crippen molar-refractivity contribution in [2.75, 3.05) is 33.2 Å². The summed E-state index contributed by atoms with van der Waals surface area (Å²) < 4.78 is 0. The van der Waals surface area contributed by atoms with Crippen LogP contribution < -0.4 is 11.1 Å². The van der Waals surface area contributed by atoms with Gasteiger partial charge in [-0.25, -0.2) is 0 Å². The fourth-order valence-electron chi connectivity index (χ4n) is 1.54. The zero-order valence-corrected chi connectivity index (χ0v) is 7.34. The van der Waals surface area contributed by atoms with Crippen LogP contribution in [0, 0.1) is 0 Å². The van der Waals surface area contributed by atoms with Crippen LogP contribution in [-0.2, 0) is 0 Å². The van der Waals surface area contributed by atoms with Gasteiger partial charge in [0.05, 0.1) is 0 Å². The topological polar surface area (TPSA) is 41.3 Å². The Morgan fingerprint density at radius 2 is 2.45 bits per heavy atom. The van der Waals surface area contributed by atoms with Crippen LogP contribution >= 0.6 is 0 Å². The molecule has 0 aromatic heterocycles. The number of nitrogens with one attached hydrogen (secondary N) is 1. The largest absolute Gasteiger partial charge is 0.330 e. The molecule has 1 saturated heterocycles. The summed E-state index contributed by atoms with van der Waals surface area (Å²) in [7, 11) is 2.20. The first kappa shape index (κ1) is 8.97. The summed E-state index contributed by atoms with van der Waals surface area (Å²) in [5, 5.41) is 3.39. The van der Waals surface area contributed by atoms with Crippen molar-refractivity contribution < 1.29 is 0 Å². The van der Waals surface area contributed by atoms with Crippen LogP contribution in [-0.4, -0.2) is 44.2 Å². The molecule has 1 rings (SSSR count). The highest BCUT2D eigenvalue weighted by Gasteiger charge is 2.16. The van der Waals surface area contributed by atoms with Gasteiger partial charge < -0.3 is 16.0 Å². The summed E-state index contributed by atoms with van der Waals surface area (Å²) >= 11 is 0. The second-order valence-electron chi connectivity index (χ2n) is 3.27. The van der Waals surface area contributed by atoms with Crippen molar-refractivity contribution in [3.05, 3.63) is 0 Å². The molecule has 1 aliphatic heterocycles. The summed E-state index contributed by atoms with van der Waals surface area (Å²) in [6.07, 6.45) is 2.39.